The smallest absolute Gasteiger partial charge is 0.270 e. The number of hydrogen-bond donors (Lipinski definition) is 0. The van der Waals surface area contributed by atoms with Crippen LogP contribution in [0.4, 0.5) is 5.13 Å². The van der Waals surface area contributed by atoms with Crippen molar-refractivity contribution in [1.29, 1.82) is 0 Å². The summed E-state index contributed by atoms with van der Waals surface area (Å²) in [7, 11) is 0. The van der Waals surface area contributed by atoms with E-state index in [9.17, 15) is 4.79 Å². The fraction of sp³-hybridized carbons (Fsp3) is 0.105. The van der Waals surface area contributed by atoms with Crippen molar-refractivity contribution < 1.29 is 4.79 Å². The Kier molecular flexibility index (Phi) is 5.45. The molecule has 0 saturated carbocycles. The summed E-state index contributed by atoms with van der Waals surface area (Å²) >= 11 is 10.5. The third-order valence-corrected chi connectivity index (χ3v) is 6.89. The number of halogens is 1. The van der Waals surface area contributed by atoms with Crippen LogP contribution in [0.5, 0.6) is 0 Å². The van der Waals surface area contributed by atoms with Gasteiger partial charge in [0.05, 0.1) is 26.0 Å². The van der Waals surface area contributed by atoms with Gasteiger partial charge in [-0.3, -0.25) is 14.7 Å². The average molecular weight is 432 g/mol. The second kappa shape index (κ2) is 7.98. The zero-order valence-corrected chi connectivity index (χ0v) is 17.5. The van der Waals surface area contributed by atoms with E-state index >= 15 is 0 Å². The molecule has 0 aliphatic heterocycles. The highest BCUT2D eigenvalue weighted by Crippen LogP contribution is 2.34. The number of amides is 1. The quantitative estimate of drug-likeness (QED) is 0.365. The molecule has 4 nitrogen and oxygen atoms in total. The van der Waals surface area contributed by atoms with Crippen LogP contribution in [0, 0.1) is 0 Å². The van der Waals surface area contributed by atoms with Gasteiger partial charge in [-0.15, -0.1) is 23.1 Å². The van der Waals surface area contributed by atoms with Crippen LogP contribution in [-0.2, 0) is 6.54 Å². The van der Waals surface area contributed by atoms with E-state index in [-0.39, 0.29) is 5.91 Å². The Morgan fingerprint density at radius 3 is 2.81 bits per heavy atom. The highest BCUT2D eigenvalue weighted by molar-refractivity contribution is 7.98. The third kappa shape index (κ3) is 4.01. The summed E-state index contributed by atoms with van der Waals surface area (Å²) in [5, 5.41) is 0.668. The molecule has 0 radical (unpaired) electrons. The number of thiazole rings is 1. The summed E-state index contributed by atoms with van der Waals surface area (Å²) < 4.78 is 1.65. The maximum absolute atomic E-state index is 13.2. The lowest BCUT2D eigenvalue weighted by atomic mass is 10.2. The highest BCUT2D eigenvalue weighted by Gasteiger charge is 2.23. The third-order valence-electron chi connectivity index (χ3n) is 3.91. The molecule has 0 atom stereocenters. The molecule has 0 bridgehead atoms. The van der Waals surface area contributed by atoms with E-state index in [1.807, 2.05) is 30.5 Å². The number of carbonyl (C=O) groups is 1. The molecule has 0 spiro atoms. The first-order valence-electron chi connectivity index (χ1n) is 8.05. The number of aromatic nitrogens is 2. The number of anilines is 1. The molecule has 4 rings (SSSR count). The zero-order chi connectivity index (χ0) is 18.8. The maximum Gasteiger partial charge on any atom is 0.270 e. The Morgan fingerprint density at radius 2 is 2.11 bits per heavy atom. The molecule has 4 aromatic rings. The van der Waals surface area contributed by atoms with Crippen molar-refractivity contribution in [1.82, 2.24) is 9.97 Å². The summed E-state index contributed by atoms with van der Waals surface area (Å²) in [6.07, 6.45) is 5.53. The van der Waals surface area contributed by atoms with Gasteiger partial charge in [0, 0.05) is 17.3 Å². The molecule has 3 aromatic heterocycles. The molecule has 27 heavy (non-hydrogen) atoms. The van der Waals surface area contributed by atoms with Crippen molar-refractivity contribution in [3.63, 3.8) is 0 Å². The number of pyridine rings is 1. The van der Waals surface area contributed by atoms with Gasteiger partial charge in [0.15, 0.2) is 5.13 Å². The Balaban J connectivity index is 1.75. The van der Waals surface area contributed by atoms with Gasteiger partial charge in [0.25, 0.3) is 5.91 Å². The number of nitrogens with zero attached hydrogens (tertiary/aromatic N) is 3. The Labute approximate surface area is 173 Å². The molecule has 0 aliphatic rings. The van der Waals surface area contributed by atoms with E-state index < -0.39 is 0 Å². The van der Waals surface area contributed by atoms with Gasteiger partial charge >= 0.3 is 0 Å². The molecule has 0 saturated heterocycles. The largest absolute Gasteiger partial charge is 0.279 e. The van der Waals surface area contributed by atoms with Crippen molar-refractivity contribution in [3.05, 3.63) is 69.6 Å². The van der Waals surface area contributed by atoms with Crippen molar-refractivity contribution >= 4 is 67.3 Å². The predicted octanol–water partition coefficient (Wildman–Crippen LogP) is 5.98. The number of benzene rings is 1. The second-order valence-corrected chi connectivity index (χ2v) is 9.29. The summed E-state index contributed by atoms with van der Waals surface area (Å²) in [4.78, 5) is 25.5. The van der Waals surface area contributed by atoms with Gasteiger partial charge < -0.3 is 0 Å². The second-order valence-electron chi connectivity index (χ2n) is 5.69. The molecule has 8 heteroatoms. The van der Waals surface area contributed by atoms with Crippen LogP contribution >= 0.6 is 46.0 Å². The van der Waals surface area contributed by atoms with Crippen molar-refractivity contribution in [2.24, 2.45) is 0 Å². The van der Waals surface area contributed by atoms with Gasteiger partial charge in [0.2, 0.25) is 0 Å². The van der Waals surface area contributed by atoms with Gasteiger partial charge in [-0.25, -0.2) is 4.98 Å². The molecular formula is C19H14ClN3OS3. The van der Waals surface area contributed by atoms with Crippen LogP contribution in [0.3, 0.4) is 0 Å². The molecule has 0 aliphatic carbocycles. The Bertz CT molecular complexity index is 1090. The molecule has 0 unspecified atom stereocenters. The summed E-state index contributed by atoms with van der Waals surface area (Å²) in [5.74, 6) is -0.111. The minimum Gasteiger partial charge on any atom is -0.279 e. The first kappa shape index (κ1) is 18.4. The average Bonchev–Trinajstić information content (AvgIpc) is 3.31. The molecule has 136 valence electrons. The zero-order valence-electron chi connectivity index (χ0n) is 14.3. The van der Waals surface area contributed by atoms with Crippen LogP contribution in [0.15, 0.2) is 59.8 Å². The molecule has 1 aromatic carbocycles. The van der Waals surface area contributed by atoms with Gasteiger partial charge in [-0.1, -0.05) is 29.0 Å². The first-order chi connectivity index (χ1) is 13.1. The Morgan fingerprint density at radius 1 is 1.22 bits per heavy atom. The molecule has 1 amide bonds. The van der Waals surface area contributed by atoms with Crippen molar-refractivity contribution in [2.75, 3.05) is 11.2 Å². The fourth-order valence-corrected chi connectivity index (χ4v) is 5.11. The first-order valence-corrected chi connectivity index (χ1v) is 11.3. The minimum atomic E-state index is -0.111. The number of fused-ring (bicyclic) bond motifs is 1. The van der Waals surface area contributed by atoms with E-state index in [0.717, 1.165) is 15.8 Å². The highest BCUT2D eigenvalue weighted by atomic mass is 35.5. The van der Waals surface area contributed by atoms with Gasteiger partial charge in [-0.05, 0) is 48.2 Å². The molecular weight excluding hydrogens is 418 g/mol. The standard InChI is InChI=1S/C19H14ClN3OS3/c1-25-13-4-5-14-16(9-13)27-19(22-14)23(11-12-3-2-8-21-10-12)18(24)15-6-7-17(20)26-15/h2-10H,11H2,1H3. The molecule has 0 fully saturated rings. The lowest BCUT2D eigenvalue weighted by Gasteiger charge is -2.19. The number of thioether (sulfide) groups is 1. The number of thiophene rings is 1. The number of rotatable bonds is 5. The predicted molar refractivity (Wildman–Crippen MR) is 115 cm³/mol. The summed E-state index contributed by atoms with van der Waals surface area (Å²) in [5.41, 5.74) is 1.83. The maximum atomic E-state index is 13.2. The fourth-order valence-electron chi connectivity index (χ4n) is 2.60. The number of carbonyl (C=O) groups excluding carboxylic acids is 1. The normalized spacial score (nSPS) is 11.0. The van der Waals surface area contributed by atoms with Crippen LogP contribution in [0.1, 0.15) is 15.2 Å². The van der Waals surface area contributed by atoms with E-state index in [4.69, 9.17) is 16.6 Å². The van der Waals surface area contributed by atoms with Crippen LogP contribution in [-0.4, -0.2) is 22.1 Å². The van der Waals surface area contributed by atoms with Crippen LogP contribution in [0.25, 0.3) is 10.2 Å². The Hall–Kier alpha value is -1.93. The SMILES string of the molecule is CSc1ccc2nc(N(Cc3cccnc3)C(=O)c3ccc(Cl)s3)sc2c1. The molecule has 3 heterocycles. The van der Waals surface area contributed by atoms with Crippen LogP contribution < -0.4 is 4.90 Å². The van der Waals surface area contributed by atoms with E-state index in [1.165, 1.54) is 27.6 Å². The summed E-state index contributed by atoms with van der Waals surface area (Å²) in [6, 6.07) is 13.5. The lowest BCUT2D eigenvalue weighted by molar-refractivity contribution is 0.0989. The van der Waals surface area contributed by atoms with E-state index in [2.05, 4.69) is 11.1 Å². The van der Waals surface area contributed by atoms with Crippen molar-refractivity contribution in [3.8, 4) is 0 Å². The minimum absolute atomic E-state index is 0.111. The van der Waals surface area contributed by atoms with E-state index in [0.29, 0.717) is 20.9 Å². The van der Waals surface area contributed by atoms with E-state index in [1.54, 1.807) is 41.2 Å². The lowest BCUT2D eigenvalue weighted by Crippen LogP contribution is -2.29. The number of hydrogen-bond acceptors (Lipinski definition) is 6. The molecule has 0 N–H and O–H groups in total. The van der Waals surface area contributed by atoms with Gasteiger partial charge in [-0.2, -0.15) is 0 Å². The monoisotopic (exact) mass is 431 g/mol. The van der Waals surface area contributed by atoms with Crippen LogP contribution in [0.2, 0.25) is 4.34 Å². The topological polar surface area (TPSA) is 46.1 Å². The van der Waals surface area contributed by atoms with Crippen molar-refractivity contribution in [2.45, 2.75) is 11.4 Å². The van der Waals surface area contributed by atoms with Gasteiger partial charge in [0.1, 0.15) is 0 Å². The summed E-state index contributed by atoms with van der Waals surface area (Å²) in [6.45, 7) is 0.400.